The van der Waals surface area contributed by atoms with Gasteiger partial charge in [0.15, 0.2) is 0 Å². The molecule has 8 nitrogen and oxygen atoms in total. The Hall–Kier alpha value is -3.94. The van der Waals surface area contributed by atoms with Gasteiger partial charge in [-0.2, -0.15) is 5.10 Å². The van der Waals surface area contributed by atoms with E-state index in [0.717, 1.165) is 51.4 Å². The molecule has 1 saturated heterocycles. The number of pyridine rings is 2. The Morgan fingerprint density at radius 2 is 2.00 bits per heavy atom. The molecule has 0 spiro atoms. The highest BCUT2D eigenvalue weighted by molar-refractivity contribution is 5.91. The van der Waals surface area contributed by atoms with Crippen LogP contribution in [0.5, 0.6) is 0 Å². The lowest BCUT2D eigenvalue weighted by atomic mass is 9.93. The van der Waals surface area contributed by atoms with E-state index in [0.29, 0.717) is 12.4 Å². The van der Waals surface area contributed by atoms with Gasteiger partial charge in [0.2, 0.25) is 0 Å². The minimum Gasteiger partial charge on any atom is -0.444 e. The van der Waals surface area contributed by atoms with Crippen molar-refractivity contribution in [2.75, 3.05) is 12.3 Å². The molecular formula is C26H28N6O2. The zero-order valence-corrected chi connectivity index (χ0v) is 19.6. The SMILES string of the molecule is CC(C)(C)OC(=O)N1CCCC1c1cc(-c2cnc(N)c(-c3cn[nH]c3)c2)cc2ccncc12. The number of hydrogen-bond donors (Lipinski definition) is 2. The molecule has 174 valence electrons. The lowest BCUT2D eigenvalue weighted by molar-refractivity contribution is 0.0225. The van der Waals surface area contributed by atoms with E-state index in [-0.39, 0.29) is 12.1 Å². The van der Waals surface area contributed by atoms with Crippen molar-refractivity contribution in [2.24, 2.45) is 0 Å². The molecule has 1 aliphatic heterocycles. The molecule has 4 heterocycles. The Morgan fingerprint density at radius 3 is 2.76 bits per heavy atom. The van der Waals surface area contributed by atoms with Gasteiger partial charge < -0.3 is 15.4 Å². The topological polar surface area (TPSA) is 110 Å². The van der Waals surface area contributed by atoms with Crippen LogP contribution in [0.3, 0.4) is 0 Å². The molecule has 8 heteroatoms. The first kappa shape index (κ1) is 21.9. The molecule has 34 heavy (non-hydrogen) atoms. The van der Waals surface area contributed by atoms with Crippen molar-refractivity contribution in [1.82, 2.24) is 25.1 Å². The number of nitrogens with two attached hydrogens (primary N) is 1. The number of carbonyl (C=O) groups is 1. The standard InChI is InChI=1S/C26H28N6O2/c1-26(2,3)34-25(33)32-8-4-5-23(32)21-10-17(9-16-6-7-28-15-22(16)21)18-11-20(24(27)29-12-18)19-13-30-31-14-19/h6-7,9-15,23H,4-5,8H2,1-3H3,(H2,27,29)(H,30,31). The van der Waals surface area contributed by atoms with Gasteiger partial charge in [0, 0.05) is 53.4 Å². The molecule has 0 bridgehead atoms. The number of amides is 1. The third-order valence-corrected chi connectivity index (χ3v) is 6.09. The second-order valence-electron chi connectivity index (χ2n) is 9.64. The summed E-state index contributed by atoms with van der Waals surface area (Å²) in [5.74, 6) is 0.447. The van der Waals surface area contributed by atoms with Gasteiger partial charge in [-0.3, -0.25) is 10.1 Å². The quantitative estimate of drug-likeness (QED) is 0.430. The van der Waals surface area contributed by atoms with Crippen LogP contribution < -0.4 is 5.73 Å². The van der Waals surface area contributed by atoms with E-state index in [2.05, 4.69) is 32.3 Å². The smallest absolute Gasteiger partial charge is 0.410 e. The normalized spacial score (nSPS) is 16.2. The molecule has 4 aromatic rings. The Labute approximate surface area is 198 Å². The fourth-order valence-electron chi connectivity index (χ4n) is 4.56. The Balaban J connectivity index is 1.61. The molecule has 5 rings (SSSR count). The number of aromatic amines is 1. The molecule has 1 fully saturated rings. The van der Waals surface area contributed by atoms with Gasteiger partial charge in [-0.05, 0) is 74.4 Å². The summed E-state index contributed by atoms with van der Waals surface area (Å²) >= 11 is 0. The molecule has 0 saturated carbocycles. The van der Waals surface area contributed by atoms with E-state index >= 15 is 0 Å². The van der Waals surface area contributed by atoms with Crippen molar-refractivity contribution in [3.8, 4) is 22.3 Å². The second-order valence-corrected chi connectivity index (χ2v) is 9.64. The highest BCUT2D eigenvalue weighted by atomic mass is 16.6. The fourth-order valence-corrected chi connectivity index (χ4v) is 4.56. The monoisotopic (exact) mass is 456 g/mol. The maximum absolute atomic E-state index is 13.0. The van der Waals surface area contributed by atoms with Crippen LogP contribution in [0.1, 0.15) is 45.2 Å². The number of likely N-dealkylation sites (tertiary alicyclic amines) is 1. The maximum atomic E-state index is 13.0. The van der Waals surface area contributed by atoms with Crippen molar-refractivity contribution in [1.29, 1.82) is 0 Å². The van der Waals surface area contributed by atoms with Gasteiger partial charge in [0.05, 0.1) is 12.2 Å². The first-order valence-corrected chi connectivity index (χ1v) is 11.4. The highest BCUT2D eigenvalue weighted by Gasteiger charge is 2.34. The molecule has 1 unspecified atom stereocenters. The van der Waals surface area contributed by atoms with E-state index in [1.165, 1.54) is 0 Å². The summed E-state index contributed by atoms with van der Waals surface area (Å²) in [4.78, 5) is 23.7. The molecule has 0 radical (unpaired) electrons. The lowest BCUT2D eigenvalue weighted by Gasteiger charge is -2.29. The molecule has 1 amide bonds. The van der Waals surface area contributed by atoms with Gasteiger partial charge in [0.25, 0.3) is 0 Å². The number of benzene rings is 1. The third-order valence-electron chi connectivity index (χ3n) is 6.09. The number of hydrogen-bond acceptors (Lipinski definition) is 6. The van der Waals surface area contributed by atoms with E-state index in [4.69, 9.17) is 10.5 Å². The number of aromatic nitrogens is 4. The number of nitrogens with one attached hydrogen (secondary N) is 1. The first-order chi connectivity index (χ1) is 16.3. The van der Waals surface area contributed by atoms with Gasteiger partial charge in [-0.25, -0.2) is 9.78 Å². The van der Waals surface area contributed by atoms with Crippen LogP contribution in [0.4, 0.5) is 10.6 Å². The summed E-state index contributed by atoms with van der Waals surface area (Å²) in [5, 5.41) is 8.95. The number of anilines is 1. The summed E-state index contributed by atoms with van der Waals surface area (Å²) in [5.41, 5.74) is 10.3. The van der Waals surface area contributed by atoms with Crippen molar-refractivity contribution < 1.29 is 9.53 Å². The van der Waals surface area contributed by atoms with Gasteiger partial charge in [0.1, 0.15) is 11.4 Å². The van der Waals surface area contributed by atoms with Crippen LogP contribution in [0.25, 0.3) is 33.0 Å². The summed E-state index contributed by atoms with van der Waals surface area (Å²) < 4.78 is 5.71. The number of H-pyrrole nitrogens is 1. The van der Waals surface area contributed by atoms with Crippen LogP contribution >= 0.6 is 0 Å². The maximum Gasteiger partial charge on any atom is 0.410 e. The van der Waals surface area contributed by atoms with Gasteiger partial charge >= 0.3 is 6.09 Å². The Bertz CT molecular complexity index is 1340. The predicted molar refractivity (Wildman–Crippen MR) is 132 cm³/mol. The number of fused-ring (bicyclic) bond motifs is 1. The zero-order chi connectivity index (χ0) is 23.9. The molecule has 0 aliphatic carbocycles. The Kier molecular flexibility index (Phi) is 5.43. The summed E-state index contributed by atoms with van der Waals surface area (Å²) in [6.07, 6.45) is 10.5. The van der Waals surface area contributed by atoms with E-state index in [1.807, 2.05) is 44.0 Å². The van der Waals surface area contributed by atoms with Crippen LogP contribution in [-0.2, 0) is 4.74 Å². The highest BCUT2D eigenvalue weighted by Crippen LogP contribution is 2.40. The van der Waals surface area contributed by atoms with E-state index in [9.17, 15) is 4.79 Å². The average molecular weight is 457 g/mol. The molecule has 3 aromatic heterocycles. The molecule has 1 aromatic carbocycles. The third kappa shape index (κ3) is 4.19. The van der Waals surface area contributed by atoms with Crippen LogP contribution in [0, 0.1) is 0 Å². The zero-order valence-electron chi connectivity index (χ0n) is 19.6. The van der Waals surface area contributed by atoms with Crippen molar-refractivity contribution in [2.45, 2.75) is 45.3 Å². The average Bonchev–Trinajstić information content (AvgIpc) is 3.50. The van der Waals surface area contributed by atoms with E-state index < -0.39 is 5.60 Å². The summed E-state index contributed by atoms with van der Waals surface area (Å²) in [6, 6.07) is 8.20. The van der Waals surface area contributed by atoms with Crippen molar-refractivity contribution in [3.63, 3.8) is 0 Å². The number of rotatable bonds is 3. The second kappa shape index (κ2) is 8.44. The van der Waals surface area contributed by atoms with E-state index in [1.54, 1.807) is 24.8 Å². The largest absolute Gasteiger partial charge is 0.444 e. The van der Waals surface area contributed by atoms with Crippen molar-refractivity contribution >= 4 is 22.7 Å². The fraction of sp³-hybridized carbons (Fsp3) is 0.308. The molecular weight excluding hydrogens is 428 g/mol. The molecule has 1 aliphatic rings. The Morgan fingerprint density at radius 1 is 1.15 bits per heavy atom. The van der Waals surface area contributed by atoms with Crippen LogP contribution in [0.2, 0.25) is 0 Å². The predicted octanol–water partition coefficient (Wildman–Crippen LogP) is 5.34. The van der Waals surface area contributed by atoms with Gasteiger partial charge in [-0.15, -0.1) is 0 Å². The summed E-state index contributed by atoms with van der Waals surface area (Å²) in [7, 11) is 0. The number of nitrogens with zero attached hydrogens (tertiary/aromatic N) is 4. The minimum absolute atomic E-state index is 0.0865. The minimum atomic E-state index is -0.547. The van der Waals surface area contributed by atoms with Crippen LogP contribution in [-0.4, -0.2) is 43.3 Å². The number of ether oxygens (including phenoxy) is 1. The molecule has 3 N–H and O–H groups in total. The van der Waals surface area contributed by atoms with Crippen molar-refractivity contribution in [3.05, 3.63) is 60.8 Å². The van der Waals surface area contributed by atoms with Gasteiger partial charge in [-0.1, -0.05) is 0 Å². The first-order valence-electron chi connectivity index (χ1n) is 11.4. The number of nitrogen functional groups attached to an aromatic ring is 1. The molecule has 1 atom stereocenters. The van der Waals surface area contributed by atoms with Crippen LogP contribution in [0.15, 0.2) is 55.2 Å². The summed E-state index contributed by atoms with van der Waals surface area (Å²) in [6.45, 7) is 6.34. The lowest BCUT2D eigenvalue weighted by Crippen LogP contribution is -2.36. The number of carbonyl (C=O) groups excluding carboxylic acids is 1.